The number of nitrogens with zero attached hydrogens (tertiary/aromatic N) is 3. The fourth-order valence-electron chi connectivity index (χ4n) is 5.16. The van der Waals surface area contributed by atoms with Crippen molar-refractivity contribution in [1.82, 2.24) is 9.62 Å². The number of benzene rings is 2. The molecular formula is C26H33FN4O3S. The van der Waals surface area contributed by atoms with E-state index >= 15 is 0 Å². The highest BCUT2D eigenvalue weighted by Gasteiger charge is 2.34. The summed E-state index contributed by atoms with van der Waals surface area (Å²) in [5.74, 6) is 0.117. The summed E-state index contributed by atoms with van der Waals surface area (Å²) < 4.78 is 42.4. The molecule has 2 fully saturated rings. The number of nitrogens with one attached hydrogen (secondary N) is 1. The fourth-order valence-corrected chi connectivity index (χ4v) is 6.29. The van der Waals surface area contributed by atoms with E-state index in [0.29, 0.717) is 31.6 Å². The molecule has 1 saturated carbocycles. The molecule has 2 aromatic rings. The first-order valence-electron chi connectivity index (χ1n) is 12.6. The van der Waals surface area contributed by atoms with Gasteiger partial charge in [0.05, 0.1) is 10.6 Å². The van der Waals surface area contributed by atoms with Gasteiger partial charge in [-0.2, -0.15) is 0 Å². The van der Waals surface area contributed by atoms with Gasteiger partial charge in [-0.3, -0.25) is 9.69 Å². The van der Waals surface area contributed by atoms with Crippen LogP contribution in [0.1, 0.15) is 31.2 Å². The minimum absolute atomic E-state index is 0.133. The Balaban J connectivity index is 1.09. The first-order valence-corrected chi connectivity index (χ1v) is 14.1. The molecule has 3 aliphatic rings. The van der Waals surface area contributed by atoms with Gasteiger partial charge in [0.15, 0.2) is 0 Å². The van der Waals surface area contributed by atoms with E-state index in [4.69, 9.17) is 0 Å². The topological polar surface area (TPSA) is 73.0 Å². The number of fused-ring (bicyclic) bond motifs is 1. The van der Waals surface area contributed by atoms with Gasteiger partial charge in [-0.25, -0.2) is 17.5 Å². The number of rotatable bonds is 8. The summed E-state index contributed by atoms with van der Waals surface area (Å²) in [5.41, 5.74) is 2.42. The number of hydrogen-bond acceptors (Lipinski definition) is 5. The van der Waals surface area contributed by atoms with Crippen molar-refractivity contribution in [3.8, 4) is 0 Å². The van der Waals surface area contributed by atoms with Gasteiger partial charge in [-0.1, -0.05) is 18.6 Å². The minimum Gasteiger partial charge on any atom is -0.367 e. The lowest BCUT2D eigenvalue weighted by Crippen LogP contribution is -2.47. The molecule has 5 rings (SSSR count). The van der Waals surface area contributed by atoms with E-state index in [2.05, 4.69) is 14.5 Å². The standard InChI is InChI=1S/C26H33FN4O3S/c27-23-7-1-2-8-25(23)30-17-15-29(16-18-30)13-4-12-28-35(33,34)22-9-10-24-21(19-22)11-14-31(24)26(32)20-5-3-6-20/h1-2,7-10,19-20,28H,3-6,11-18H2. The molecule has 0 unspecified atom stereocenters. The molecule has 1 amide bonds. The smallest absolute Gasteiger partial charge is 0.240 e. The summed E-state index contributed by atoms with van der Waals surface area (Å²) in [6, 6.07) is 11.9. The van der Waals surface area contributed by atoms with E-state index in [0.717, 1.165) is 63.2 Å². The molecule has 2 aromatic carbocycles. The van der Waals surface area contributed by atoms with E-state index in [-0.39, 0.29) is 22.5 Å². The molecule has 188 valence electrons. The highest BCUT2D eigenvalue weighted by Crippen LogP contribution is 2.35. The molecule has 7 nitrogen and oxygen atoms in total. The first-order chi connectivity index (χ1) is 16.9. The van der Waals surface area contributed by atoms with Crippen molar-refractivity contribution in [1.29, 1.82) is 0 Å². The number of carbonyl (C=O) groups is 1. The second-order valence-corrected chi connectivity index (χ2v) is 11.5. The van der Waals surface area contributed by atoms with Crippen LogP contribution in [0.25, 0.3) is 0 Å². The van der Waals surface area contributed by atoms with Gasteiger partial charge >= 0.3 is 0 Å². The molecule has 0 aromatic heterocycles. The van der Waals surface area contributed by atoms with E-state index in [1.807, 2.05) is 17.0 Å². The third-order valence-corrected chi connectivity index (χ3v) is 8.94. The van der Waals surface area contributed by atoms with Crippen LogP contribution >= 0.6 is 0 Å². The monoisotopic (exact) mass is 500 g/mol. The molecule has 9 heteroatoms. The van der Waals surface area contributed by atoms with Crippen LogP contribution in [0.5, 0.6) is 0 Å². The third-order valence-electron chi connectivity index (χ3n) is 7.49. The largest absolute Gasteiger partial charge is 0.367 e. The van der Waals surface area contributed by atoms with Gasteiger partial charge in [0.1, 0.15) is 5.82 Å². The quantitative estimate of drug-likeness (QED) is 0.564. The summed E-state index contributed by atoms with van der Waals surface area (Å²) in [6.07, 6.45) is 4.43. The maximum atomic E-state index is 14.0. The lowest BCUT2D eigenvalue weighted by atomic mass is 9.84. The summed E-state index contributed by atoms with van der Waals surface area (Å²) in [6.45, 7) is 4.93. The molecule has 0 radical (unpaired) electrons. The molecule has 0 bridgehead atoms. The molecule has 35 heavy (non-hydrogen) atoms. The fraction of sp³-hybridized carbons (Fsp3) is 0.500. The molecule has 1 N–H and O–H groups in total. The summed E-state index contributed by atoms with van der Waals surface area (Å²) in [4.78, 5) is 19.1. The first kappa shape index (κ1) is 24.2. The maximum absolute atomic E-state index is 14.0. The summed E-state index contributed by atoms with van der Waals surface area (Å²) >= 11 is 0. The molecule has 2 aliphatic heterocycles. The van der Waals surface area contributed by atoms with Gasteiger partial charge in [-0.15, -0.1) is 0 Å². The lowest BCUT2D eigenvalue weighted by Gasteiger charge is -2.36. The minimum atomic E-state index is -3.60. The second-order valence-electron chi connectivity index (χ2n) is 9.69. The Morgan fingerprint density at radius 3 is 2.49 bits per heavy atom. The Morgan fingerprint density at radius 2 is 1.77 bits per heavy atom. The zero-order valence-corrected chi connectivity index (χ0v) is 20.8. The van der Waals surface area contributed by atoms with Crippen LogP contribution in [-0.4, -0.2) is 65.0 Å². The van der Waals surface area contributed by atoms with Gasteiger partial charge in [-0.05, 0) is 68.1 Å². The average Bonchev–Trinajstić information content (AvgIpc) is 3.25. The second kappa shape index (κ2) is 10.2. The average molecular weight is 501 g/mol. The Labute approximate surface area is 206 Å². The van der Waals surface area contributed by atoms with Crippen molar-refractivity contribution in [2.75, 3.05) is 55.6 Å². The van der Waals surface area contributed by atoms with Gasteiger partial charge in [0, 0.05) is 50.9 Å². The normalized spacial score (nSPS) is 19.0. The Hall–Kier alpha value is -2.49. The van der Waals surface area contributed by atoms with Crippen molar-refractivity contribution in [3.05, 3.63) is 53.8 Å². The predicted octanol–water partition coefficient (Wildman–Crippen LogP) is 3.01. The van der Waals surface area contributed by atoms with Gasteiger partial charge in [0.2, 0.25) is 15.9 Å². The highest BCUT2D eigenvalue weighted by atomic mass is 32.2. The van der Waals surface area contributed by atoms with Crippen LogP contribution in [0.3, 0.4) is 0 Å². The van der Waals surface area contributed by atoms with Crippen LogP contribution in [0, 0.1) is 11.7 Å². The number of piperazine rings is 1. The maximum Gasteiger partial charge on any atom is 0.240 e. The van der Waals surface area contributed by atoms with Crippen molar-refractivity contribution in [2.45, 2.75) is 37.0 Å². The van der Waals surface area contributed by atoms with Crippen LogP contribution in [-0.2, 0) is 21.2 Å². The van der Waals surface area contributed by atoms with E-state index in [9.17, 15) is 17.6 Å². The van der Waals surface area contributed by atoms with E-state index in [1.54, 1.807) is 24.3 Å². The number of amides is 1. The van der Waals surface area contributed by atoms with Crippen molar-refractivity contribution >= 4 is 27.3 Å². The molecule has 0 spiro atoms. The number of hydrogen-bond donors (Lipinski definition) is 1. The molecule has 1 saturated heterocycles. The zero-order valence-electron chi connectivity index (χ0n) is 20.0. The van der Waals surface area contributed by atoms with E-state index < -0.39 is 10.0 Å². The number of para-hydroxylation sites is 1. The zero-order chi connectivity index (χ0) is 24.4. The predicted molar refractivity (Wildman–Crippen MR) is 135 cm³/mol. The lowest BCUT2D eigenvalue weighted by molar-refractivity contribution is -0.124. The Morgan fingerprint density at radius 1 is 1.00 bits per heavy atom. The highest BCUT2D eigenvalue weighted by molar-refractivity contribution is 7.89. The third kappa shape index (κ3) is 5.22. The van der Waals surface area contributed by atoms with Gasteiger partial charge in [0.25, 0.3) is 0 Å². The number of anilines is 2. The SMILES string of the molecule is O=C(C1CCC1)N1CCc2cc(S(=O)(=O)NCCCN3CCN(c4ccccc4F)CC3)ccc21. The summed E-state index contributed by atoms with van der Waals surface area (Å²) in [7, 11) is -3.60. The molecule has 2 heterocycles. The van der Waals surface area contributed by atoms with Crippen LogP contribution in [0.4, 0.5) is 15.8 Å². The number of halogens is 1. The number of sulfonamides is 1. The molecule has 0 atom stereocenters. The van der Waals surface area contributed by atoms with E-state index in [1.165, 1.54) is 6.07 Å². The van der Waals surface area contributed by atoms with Crippen molar-refractivity contribution in [3.63, 3.8) is 0 Å². The van der Waals surface area contributed by atoms with Crippen LogP contribution in [0.2, 0.25) is 0 Å². The van der Waals surface area contributed by atoms with Gasteiger partial charge < -0.3 is 9.80 Å². The summed E-state index contributed by atoms with van der Waals surface area (Å²) in [5, 5.41) is 0. The Kier molecular flexibility index (Phi) is 7.09. The van der Waals surface area contributed by atoms with Crippen molar-refractivity contribution < 1.29 is 17.6 Å². The molecular weight excluding hydrogens is 467 g/mol. The molecule has 1 aliphatic carbocycles. The van der Waals surface area contributed by atoms with Crippen LogP contribution in [0.15, 0.2) is 47.4 Å². The number of carbonyl (C=O) groups excluding carboxylic acids is 1. The van der Waals surface area contributed by atoms with Crippen molar-refractivity contribution in [2.24, 2.45) is 5.92 Å². The van der Waals surface area contributed by atoms with Crippen LogP contribution < -0.4 is 14.5 Å². The Bertz CT molecular complexity index is 1180.